The molecule has 0 aliphatic rings. The maximum Gasteiger partial charge on any atom is 0.272 e. The molecule has 0 fully saturated rings. The molecule has 0 bridgehead atoms. The van der Waals surface area contributed by atoms with Crippen LogP contribution in [0.4, 0.5) is 11.4 Å². The summed E-state index contributed by atoms with van der Waals surface area (Å²) in [5, 5.41) is 17.3. The van der Waals surface area contributed by atoms with E-state index in [9.17, 15) is 10.1 Å². The van der Waals surface area contributed by atoms with Crippen molar-refractivity contribution in [2.45, 2.75) is 39.7 Å². The summed E-state index contributed by atoms with van der Waals surface area (Å²) in [6.07, 6.45) is 0. The minimum absolute atomic E-state index is 0.0645. The fourth-order valence-corrected chi connectivity index (χ4v) is 2.97. The number of anilines is 1. The standard InChI is InChI=1S/C15H19N3O2S/c1-9(2)15-17-13(8-21-15)11(4)16-12-5-6-14(18(19)20)10(3)7-12/h5-9,11,16H,1-4H3. The predicted molar refractivity (Wildman–Crippen MR) is 86.1 cm³/mol. The van der Waals surface area contributed by atoms with E-state index in [0.29, 0.717) is 11.5 Å². The zero-order valence-electron chi connectivity index (χ0n) is 12.6. The van der Waals surface area contributed by atoms with Gasteiger partial charge in [-0.25, -0.2) is 4.98 Å². The number of nitrogens with one attached hydrogen (secondary N) is 1. The highest BCUT2D eigenvalue weighted by molar-refractivity contribution is 7.09. The van der Waals surface area contributed by atoms with E-state index in [-0.39, 0.29) is 16.7 Å². The lowest BCUT2D eigenvalue weighted by molar-refractivity contribution is -0.385. The highest BCUT2D eigenvalue weighted by Gasteiger charge is 2.14. The Hall–Kier alpha value is -1.95. The normalized spacial score (nSPS) is 12.4. The molecule has 2 rings (SSSR count). The number of nitro groups is 1. The molecule has 0 amide bonds. The average molecular weight is 305 g/mol. The molecule has 21 heavy (non-hydrogen) atoms. The summed E-state index contributed by atoms with van der Waals surface area (Å²) >= 11 is 1.67. The Kier molecular flexibility index (Phi) is 4.57. The third-order valence-electron chi connectivity index (χ3n) is 3.25. The highest BCUT2D eigenvalue weighted by atomic mass is 32.1. The molecule has 0 aliphatic carbocycles. The monoisotopic (exact) mass is 305 g/mol. The van der Waals surface area contributed by atoms with Crippen molar-refractivity contribution in [2.24, 2.45) is 0 Å². The van der Waals surface area contributed by atoms with E-state index in [4.69, 9.17) is 0 Å². The van der Waals surface area contributed by atoms with Crippen LogP contribution in [0.1, 0.15) is 49.0 Å². The molecule has 0 saturated carbocycles. The average Bonchev–Trinajstić information content (AvgIpc) is 2.88. The van der Waals surface area contributed by atoms with Gasteiger partial charge in [-0.1, -0.05) is 13.8 Å². The van der Waals surface area contributed by atoms with Crippen molar-refractivity contribution >= 4 is 22.7 Å². The van der Waals surface area contributed by atoms with E-state index in [1.807, 2.05) is 6.92 Å². The first-order chi connectivity index (χ1) is 9.88. The lowest BCUT2D eigenvalue weighted by Crippen LogP contribution is -2.07. The van der Waals surface area contributed by atoms with Gasteiger partial charge in [-0.05, 0) is 26.0 Å². The molecule has 0 saturated heterocycles. The van der Waals surface area contributed by atoms with Crippen molar-refractivity contribution < 1.29 is 4.92 Å². The Morgan fingerprint density at radius 1 is 1.33 bits per heavy atom. The van der Waals surface area contributed by atoms with E-state index in [1.54, 1.807) is 30.4 Å². The number of aromatic nitrogens is 1. The van der Waals surface area contributed by atoms with Crippen LogP contribution in [0.25, 0.3) is 0 Å². The summed E-state index contributed by atoms with van der Waals surface area (Å²) in [6.45, 7) is 8.03. The molecule has 1 aromatic carbocycles. The number of rotatable bonds is 5. The quantitative estimate of drug-likeness (QED) is 0.644. The van der Waals surface area contributed by atoms with Crippen molar-refractivity contribution in [3.63, 3.8) is 0 Å². The summed E-state index contributed by atoms with van der Waals surface area (Å²) in [5.74, 6) is 0.428. The number of hydrogen-bond donors (Lipinski definition) is 1. The van der Waals surface area contributed by atoms with Crippen LogP contribution >= 0.6 is 11.3 Å². The maximum atomic E-state index is 10.8. The molecule has 1 heterocycles. The van der Waals surface area contributed by atoms with Gasteiger partial charge >= 0.3 is 0 Å². The minimum Gasteiger partial charge on any atom is -0.377 e. The van der Waals surface area contributed by atoms with Gasteiger partial charge in [0, 0.05) is 28.6 Å². The van der Waals surface area contributed by atoms with Gasteiger partial charge in [0.15, 0.2) is 0 Å². The van der Waals surface area contributed by atoms with Gasteiger partial charge in [0.25, 0.3) is 5.69 Å². The van der Waals surface area contributed by atoms with Crippen LogP contribution in [0, 0.1) is 17.0 Å². The van der Waals surface area contributed by atoms with Crippen LogP contribution in [0.3, 0.4) is 0 Å². The molecule has 5 nitrogen and oxygen atoms in total. The number of aryl methyl sites for hydroxylation is 1. The van der Waals surface area contributed by atoms with Gasteiger partial charge < -0.3 is 5.32 Å². The van der Waals surface area contributed by atoms with Gasteiger partial charge in [0.05, 0.1) is 21.7 Å². The molecule has 0 radical (unpaired) electrons. The molecular formula is C15H19N3O2S. The van der Waals surface area contributed by atoms with E-state index in [2.05, 4.69) is 29.5 Å². The molecule has 1 unspecified atom stereocenters. The van der Waals surface area contributed by atoms with Gasteiger partial charge in [-0.3, -0.25) is 10.1 Å². The van der Waals surface area contributed by atoms with Crippen molar-refractivity contribution in [2.75, 3.05) is 5.32 Å². The van der Waals surface area contributed by atoms with Crippen molar-refractivity contribution in [1.82, 2.24) is 4.98 Å². The van der Waals surface area contributed by atoms with Crippen LogP contribution in [0.15, 0.2) is 23.6 Å². The van der Waals surface area contributed by atoms with Crippen LogP contribution in [-0.2, 0) is 0 Å². The zero-order valence-corrected chi connectivity index (χ0v) is 13.4. The second-order valence-electron chi connectivity index (χ2n) is 5.39. The number of nitrogens with zero attached hydrogens (tertiary/aromatic N) is 2. The molecule has 2 aromatic rings. The largest absolute Gasteiger partial charge is 0.377 e. The first-order valence-electron chi connectivity index (χ1n) is 6.85. The summed E-state index contributed by atoms with van der Waals surface area (Å²) < 4.78 is 0. The summed E-state index contributed by atoms with van der Waals surface area (Å²) in [6, 6.07) is 5.13. The van der Waals surface area contributed by atoms with E-state index < -0.39 is 0 Å². The SMILES string of the molecule is Cc1cc(NC(C)c2csc(C(C)C)n2)ccc1[N+](=O)[O-]. The van der Waals surface area contributed by atoms with Gasteiger partial charge in [0.2, 0.25) is 0 Å². The number of benzene rings is 1. The smallest absolute Gasteiger partial charge is 0.272 e. The molecule has 6 heteroatoms. The Morgan fingerprint density at radius 2 is 2.05 bits per heavy atom. The van der Waals surface area contributed by atoms with E-state index in [1.165, 1.54) is 6.07 Å². The number of nitro benzene ring substituents is 1. The van der Waals surface area contributed by atoms with Crippen molar-refractivity contribution in [3.8, 4) is 0 Å². The van der Waals surface area contributed by atoms with Crippen LogP contribution in [0.2, 0.25) is 0 Å². The van der Waals surface area contributed by atoms with Crippen molar-refractivity contribution in [1.29, 1.82) is 0 Å². The summed E-state index contributed by atoms with van der Waals surface area (Å²) in [5.41, 5.74) is 2.66. The fraction of sp³-hybridized carbons (Fsp3) is 0.400. The molecule has 0 spiro atoms. The summed E-state index contributed by atoms with van der Waals surface area (Å²) in [4.78, 5) is 15.1. The number of hydrogen-bond acceptors (Lipinski definition) is 5. The topological polar surface area (TPSA) is 68.1 Å². The second kappa shape index (κ2) is 6.22. The summed E-state index contributed by atoms with van der Waals surface area (Å²) in [7, 11) is 0. The van der Waals surface area contributed by atoms with Crippen LogP contribution in [-0.4, -0.2) is 9.91 Å². The third kappa shape index (κ3) is 3.58. The van der Waals surface area contributed by atoms with Gasteiger partial charge in [0.1, 0.15) is 0 Å². The van der Waals surface area contributed by atoms with Gasteiger partial charge in [-0.15, -0.1) is 11.3 Å². The predicted octanol–water partition coefficient (Wildman–Crippen LogP) is 4.66. The Balaban J connectivity index is 2.13. The Bertz CT molecular complexity index is 652. The Labute approximate surface area is 128 Å². The molecule has 1 N–H and O–H groups in total. The number of thiazole rings is 1. The lowest BCUT2D eigenvalue weighted by Gasteiger charge is -2.13. The molecule has 1 aromatic heterocycles. The van der Waals surface area contributed by atoms with E-state index in [0.717, 1.165) is 16.4 Å². The molecule has 112 valence electrons. The van der Waals surface area contributed by atoms with E-state index >= 15 is 0 Å². The first-order valence-corrected chi connectivity index (χ1v) is 7.73. The minimum atomic E-state index is -0.363. The molecule has 0 aliphatic heterocycles. The Morgan fingerprint density at radius 3 is 2.57 bits per heavy atom. The third-order valence-corrected chi connectivity index (χ3v) is 4.42. The van der Waals surface area contributed by atoms with Gasteiger partial charge in [-0.2, -0.15) is 0 Å². The van der Waals surface area contributed by atoms with Crippen molar-refractivity contribution in [3.05, 3.63) is 50.0 Å². The molecular weight excluding hydrogens is 286 g/mol. The lowest BCUT2D eigenvalue weighted by atomic mass is 10.1. The maximum absolute atomic E-state index is 10.8. The highest BCUT2D eigenvalue weighted by Crippen LogP contribution is 2.27. The fourth-order valence-electron chi connectivity index (χ4n) is 2.04. The van der Waals surface area contributed by atoms with Crippen LogP contribution in [0.5, 0.6) is 0 Å². The van der Waals surface area contributed by atoms with Crippen LogP contribution < -0.4 is 5.32 Å². The zero-order chi connectivity index (χ0) is 15.6. The second-order valence-corrected chi connectivity index (χ2v) is 6.28. The first kappa shape index (κ1) is 15.4. The molecule has 1 atom stereocenters.